The number of fused-ring (bicyclic) bond motifs is 1. The molecule has 0 N–H and O–H groups in total. The molecule has 2 saturated carbocycles. The molecule has 0 spiro atoms. The Kier molecular flexibility index (Phi) is 1.66. The van der Waals surface area contributed by atoms with Crippen LogP contribution in [0, 0.1) is 11.8 Å². The van der Waals surface area contributed by atoms with Gasteiger partial charge >= 0.3 is 0 Å². The highest BCUT2D eigenvalue weighted by Gasteiger charge is 2.42. The standard InChI is InChI=1S/C9H14F2/c10-9(11)5-4-7-2-1-3-8(7)6-9/h7-8H,1-6H2/t7-,8+/m1/s1. The van der Waals surface area contributed by atoms with E-state index in [0.29, 0.717) is 11.8 Å². The van der Waals surface area contributed by atoms with Crippen LogP contribution in [0.25, 0.3) is 0 Å². The summed E-state index contributed by atoms with van der Waals surface area (Å²) in [6.45, 7) is 0. The van der Waals surface area contributed by atoms with Crippen LogP contribution in [-0.4, -0.2) is 5.92 Å². The first-order chi connectivity index (χ1) is 5.17. The Hall–Kier alpha value is -0.140. The molecule has 2 heteroatoms. The van der Waals surface area contributed by atoms with Crippen LogP contribution >= 0.6 is 0 Å². The number of rotatable bonds is 0. The maximum atomic E-state index is 12.8. The summed E-state index contributed by atoms with van der Waals surface area (Å²) in [5.74, 6) is -1.32. The van der Waals surface area contributed by atoms with E-state index in [9.17, 15) is 8.78 Å². The molecule has 64 valence electrons. The molecule has 0 unspecified atom stereocenters. The van der Waals surface area contributed by atoms with Crippen molar-refractivity contribution in [2.24, 2.45) is 11.8 Å². The van der Waals surface area contributed by atoms with Crippen LogP contribution < -0.4 is 0 Å². The van der Waals surface area contributed by atoms with Gasteiger partial charge in [-0.25, -0.2) is 8.78 Å². The van der Waals surface area contributed by atoms with E-state index in [4.69, 9.17) is 0 Å². The molecule has 2 atom stereocenters. The summed E-state index contributed by atoms with van der Waals surface area (Å²) in [7, 11) is 0. The third-order valence-corrected chi connectivity index (χ3v) is 3.26. The molecule has 0 heterocycles. The summed E-state index contributed by atoms with van der Waals surface area (Å²) >= 11 is 0. The summed E-state index contributed by atoms with van der Waals surface area (Å²) in [6, 6.07) is 0. The van der Waals surface area contributed by atoms with Crippen molar-refractivity contribution in [3.63, 3.8) is 0 Å². The van der Waals surface area contributed by atoms with Crippen LogP contribution in [0.4, 0.5) is 8.78 Å². The molecule has 0 aliphatic heterocycles. The van der Waals surface area contributed by atoms with Crippen molar-refractivity contribution in [2.75, 3.05) is 0 Å². The lowest BCUT2D eigenvalue weighted by Crippen LogP contribution is -2.29. The summed E-state index contributed by atoms with van der Waals surface area (Å²) in [6.07, 6.45) is 4.55. The fourth-order valence-corrected chi connectivity index (χ4v) is 2.64. The zero-order valence-electron chi connectivity index (χ0n) is 6.65. The predicted molar refractivity (Wildman–Crippen MR) is 39.6 cm³/mol. The average molecular weight is 160 g/mol. The van der Waals surface area contributed by atoms with Crippen molar-refractivity contribution < 1.29 is 8.78 Å². The quantitative estimate of drug-likeness (QED) is 0.510. The van der Waals surface area contributed by atoms with Crippen molar-refractivity contribution in [1.29, 1.82) is 0 Å². The normalized spacial score (nSPS) is 42.0. The second-order valence-corrected chi connectivity index (χ2v) is 4.05. The van der Waals surface area contributed by atoms with Gasteiger partial charge in [-0.3, -0.25) is 0 Å². The molecule has 0 saturated heterocycles. The van der Waals surface area contributed by atoms with E-state index in [-0.39, 0.29) is 12.8 Å². The molecule has 0 amide bonds. The smallest absolute Gasteiger partial charge is 0.207 e. The predicted octanol–water partition coefficient (Wildman–Crippen LogP) is 3.22. The van der Waals surface area contributed by atoms with Crippen molar-refractivity contribution >= 4 is 0 Å². The summed E-state index contributed by atoms with van der Waals surface area (Å²) in [5.41, 5.74) is 0. The highest BCUT2D eigenvalue weighted by Crippen LogP contribution is 2.47. The first-order valence-electron chi connectivity index (χ1n) is 4.55. The molecule has 0 aromatic rings. The Morgan fingerprint density at radius 1 is 1.00 bits per heavy atom. The Morgan fingerprint density at radius 2 is 1.73 bits per heavy atom. The highest BCUT2D eigenvalue weighted by molar-refractivity contribution is 4.87. The van der Waals surface area contributed by atoms with Gasteiger partial charge in [0, 0.05) is 12.8 Å². The van der Waals surface area contributed by atoms with Gasteiger partial charge in [0.1, 0.15) is 0 Å². The van der Waals surface area contributed by atoms with E-state index in [1.165, 1.54) is 12.8 Å². The fourth-order valence-electron chi connectivity index (χ4n) is 2.64. The number of hydrogen-bond acceptors (Lipinski definition) is 0. The van der Waals surface area contributed by atoms with Gasteiger partial charge in [-0.05, 0) is 24.7 Å². The second kappa shape index (κ2) is 2.43. The molecule has 2 aliphatic carbocycles. The Bertz CT molecular complexity index is 154. The topological polar surface area (TPSA) is 0 Å². The summed E-state index contributed by atoms with van der Waals surface area (Å²) < 4.78 is 25.7. The van der Waals surface area contributed by atoms with Gasteiger partial charge in [0.25, 0.3) is 0 Å². The van der Waals surface area contributed by atoms with Gasteiger partial charge in [-0.2, -0.15) is 0 Å². The molecule has 0 aromatic carbocycles. The molecular formula is C9H14F2. The first kappa shape index (κ1) is 7.51. The van der Waals surface area contributed by atoms with Crippen molar-refractivity contribution in [2.45, 2.75) is 44.4 Å². The van der Waals surface area contributed by atoms with Crippen LogP contribution in [0.5, 0.6) is 0 Å². The minimum absolute atomic E-state index is 0.147. The average Bonchev–Trinajstić information content (AvgIpc) is 2.31. The Labute approximate surface area is 66.0 Å². The van der Waals surface area contributed by atoms with E-state index in [2.05, 4.69) is 0 Å². The summed E-state index contributed by atoms with van der Waals surface area (Å²) in [4.78, 5) is 0. The van der Waals surface area contributed by atoms with Gasteiger partial charge < -0.3 is 0 Å². The first-order valence-corrected chi connectivity index (χ1v) is 4.55. The lowest BCUT2D eigenvalue weighted by Gasteiger charge is -2.31. The van der Waals surface area contributed by atoms with Crippen LogP contribution in [-0.2, 0) is 0 Å². The van der Waals surface area contributed by atoms with E-state index in [1.807, 2.05) is 0 Å². The number of alkyl halides is 2. The third kappa shape index (κ3) is 1.40. The van der Waals surface area contributed by atoms with Crippen molar-refractivity contribution in [3.05, 3.63) is 0 Å². The van der Waals surface area contributed by atoms with Crippen molar-refractivity contribution in [1.82, 2.24) is 0 Å². The lowest BCUT2D eigenvalue weighted by atomic mass is 9.80. The monoisotopic (exact) mass is 160 g/mol. The highest BCUT2D eigenvalue weighted by atomic mass is 19.3. The van der Waals surface area contributed by atoms with Crippen LogP contribution in [0.1, 0.15) is 38.5 Å². The van der Waals surface area contributed by atoms with Crippen molar-refractivity contribution in [3.8, 4) is 0 Å². The lowest BCUT2D eigenvalue weighted by molar-refractivity contribution is -0.0634. The second-order valence-electron chi connectivity index (χ2n) is 4.05. The van der Waals surface area contributed by atoms with Crippen LogP contribution in [0.3, 0.4) is 0 Å². The molecule has 0 radical (unpaired) electrons. The largest absolute Gasteiger partial charge is 0.248 e. The van der Waals surface area contributed by atoms with Gasteiger partial charge in [0.05, 0.1) is 0 Å². The van der Waals surface area contributed by atoms with Crippen LogP contribution in [0.2, 0.25) is 0 Å². The van der Waals surface area contributed by atoms with Gasteiger partial charge in [0.15, 0.2) is 0 Å². The van der Waals surface area contributed by atoms with E-state index in [1.54, 1.807) is 0 Å². The molecule has 0 bridgehead atoms. The minimum atomic E-state index is -2.33. The van der Waals surface area contributed by atoms with Gasteiger partial charge in [-0.15, -0.1) is 0 Å². The molecular weight excluding hydrogens is 146 g/mol. The zero-order valence-corrected chi connectivity index (χ0v) is 6.65. The zero-order chi connectivity index (χ0) is 7.90. The molecule has 11 heavy (non-hydrogen) atoms. The third-order valence-electron chi connectivity index (χ3n) is 3.26. The SMILES string of the molecule is FC1(F)CC[C@H]2CCC[C@H]2C1. The Morgan fingerprint density at radius 3 is 2.55 bits per heavy atom. The maximum absolute atomic E-state index is 12.8. The Balaban J connectivity index is 2.02. The maximum Gasteiger partial charge on any atom is 0.248 e. The minimum Gasteiger partial charge on any atom is -0.207 e. The van der Waals surface area contributed by atoms with E-state index >= 15 is 0 Å². The fraction of sp³-hybridized carbons (Fsp3) is 1.00. The van der Waals surface area contributed by atoms with Gasteiger partial charge in [0.2, 0.25) is 5.92 Å². The number of hydrogen-bond donors (Lipinski definition) is 0. The molecule has 2 fully saturated rings. The van der Waals surface area contributed by atoms with Gasteiger partial charge in [-0.1, -0.05) is 12.8 Å². The molecule has 0 aromatic heterocycles. The van der Waals surface area contributed by atoms with E-state index < -0.39 is 5.92 Å². The van der Waals surface area contributed by atoms with Crippen LogP contribution in [0.15, 0.2) is 0 Å². The summed E-state index contributed by atoms with van der Waals surface area (Å²) in [5, 5.41) is 0. The molecule has 2 aliphatic rings. The molecule has 2 rings (SSSR count). The molecule has 0 nitrogen and oxygen atoms in total. The van der Waals surface area contributed by atoms with E-state index in [0.717, 1.165) is 12.8 Å². The number of halogens is 2.